The van der Waals surface area contributed by atoms with Crippen molar-refractivity contribution in [3.05, 3.63) is 11.6 Å². The van der Waals surface area contributed by atoms with Crippen molar-refractivity contribution in [1.82, 2.24) is 0 Å². The highest BCUT2D eigenvalue weighted by Gasteiger charge is 2.73. The van der Waals surface area contributed by atoms with E-state index in [9.17, 15) is 4.79 Å². The molecular weight excluding hydrogens is 376 g/mol. The smallest absolute Gasteiger partial charge is 0.146 e. The summed E-state index contributed by atoms with van der Waals surface area (Å²) < 4.78 is 0. The van der Waals surface area contributed by atoms with Crippen molar-refractivity contribution in [3.63, 3.8) is 0 Å². The molecule has 1 heteroatoms. The number of allylic oxidation sites excluding steroid dienone is 2. The SMILES string of the molecule is CC(C)[C@H]1CC[C@@]2(C)[C@@H]1CC[C@@]1(C)[C@@]2(C)CC[C@H]2[C@@H]3CCC=C(C=O)[C@@]3(C)CC[C@]21C. The molecule has 0 aromatic carbocycles. The number of rotatable bonds is 2. The molecule has 5 aliphatic carbocycles. The van der Waals surface area contributed by atoms with E-state index in [2.05, 4.69) is 54.5 Å². The standard InChI is InChI=1S/C30H48O/c1-20(2)22-11-14-27(4)23(22)12-15-30(7)28(5)18-17-26(3)21(19-31)9-8-10-24(26)25(28)13-16-29(27,30)6/h9,19-20,22-25H,8,10-18H2,1-7H3/t22-,23-,24+,25+,26-,27+,28-,29+,30-/m1/s1. The highest BCUT2D eigenvalue weighted by Crippen LogP contribution is 2.80. The number of hydrogen-bond acceptors (Lipinski definition) is 1. The van der Waals surface area contributed by atoms with Crippen molar-refractivity contribution < 1.29 is 4.79 Å². The summed E-state index contributed by atoms with van der Waals surface area (Å²) in [4.78, 5) is 12.0. The lowest BCUT2D eigenvalue weighted by Crippen LogP contribution is -2.68. The maximum absolute atomic E-state index is 12.0. The first-order valence-corrected chi connectivity index (χ1v) is 13.6. The molecule has 0 aromatic heterocycles. The van der Waals surface area contributed by atoms with Gasteiger partial charge >= 0.3 is 0 Å². The van der Waals surface area contributed by atoms with Crippen LogP contribution in [0.25, 0.3) is 0 Å². The lowest BCUT2D eigenvalue weighted by atomic mass is 9.29. The third-order valence-electron chi connectivity index (χ3n) is 13.8. The van der Waals surface area contributed by atoms with Crippen molar-refractivity contribution in [2.75, 3.05) is 0 Å². The van der Waals surface area contributed by atoms with Gasteiger partial charge in [0.05, 0.1) is 0 Å². The molecule has 4 saturated carbocycles. The van der Waals surface area contributed by atoms with E-state index in [-0.39, 0.29) is 5.41 Å². The summed E-state index contributed by atoms with van der Waals surface area (Å²) in [5.41, 5.74) is 3.05. The molecule has 0 spiro atoms. The van der Waals surface area contributed by atoms with Gasteiger partial charge in [0.15, 0.2) is 0 Å². The molecule has 5 rings (SSSR count). The zero-order valence-electron chi connectivity index (χ0n) is 21.5. The van der Waals surface area contributed by atoms with Crippen LogP contribution in [0, 0.1) is 56.7 Å². The Bertz CT molecular complexity index is 794. The van der Waals surface area contributed by atoms with Gasteiger partial charge in [-0.2, -0.15) is 0 Å². The molecular formula is C30H48O. The molecule has 9 atom stereocenters. The zero-order valence-corrected chi connectivity index (χ0v) is 21.5. The maximum Gasteiger partial charge on any atom is 0.146 e. The Morgan fingerprint density at radius 2 is 1.39 bits per heavy atom. The minimum absolute atomic E-state index is 0.130. The Labute approximate surface area is 192 Å². The monoisotopic (exact) mass is 424 g/mol. The first-order valence-electron chi connectivity index (χ1n) is 13.6. The predicted molar refractivity (Wildman–Crippen MR) is 130 cm³/mol. The van der Waals surface area contributed by atoms with Crippen molar-refractivity contribution >= 4 is 6.29 Å². The zero-order chi connectivity index (χ0) is 22.4. The maximum atomic E-state index is 12.0. The summed E-state index contributed by atoms with van der Waals surface area (Å²) >= 11 is 0. The van der Waals surface area contributed by atoms with Crippen LogP contribution in [0.1, 0.15) is 113 Å². The Hall–Kier alpha value is -0.590. The Balaban J connectivity index is 1.56. The van der Waals surface area contributed by atoms with Gasteiger partial charge in [-0.15, -0.1) is 0 Å². The Kier molecular flexibility index (Phi) is 4.82. The van der Waals surface area contributed by atoms with Crippen molar-refractivity contribution in [1.29, 1.82) is 0 Å². The van der Waals surface area contributed by atoms with Crippen LogP contribution in [0.5, 0.6) is 0 Å². The number of carbonyl (C=O) groups is 1. The Morgan fingerprint density at radius 3 is 2.00 bits per heavy atom. The minimum Gasteiger partial charge on any atom is -0.298 e. The molecule has 0 aliphatic heterocycles. The molecule has 174 valence electrons. The van der Waals surface area contributed by atoms with Crippen LogP contribution in [0.3, 0.4) is 0 Å². The summed E-state index contributed by atoms with van der Waals surface area (Å²) in [5, 5.41) is 0. The van der Waals surface area contributed by atoms with Crippen molar-refractivity contribution in [2.45, 2.75) is 113 Å². The average molecular weight is 425 g/mol. The molecule has 1 nitrogen and oxygen atoms in total. The molecule has 0 saturated heterocycles. The molecule has 0 radical (unpaired) electrons. The first-order chi connectivity index (χ1) is 14.5. The molecule has 0 bridgehead atoms. The van der Waals surface area contributed by atoms with Crippen molar-refractivity contribution in [2.24, 2.45) is 56.7 Å². The predicted octanol–water partition coefficient (Wildman–Crippen LogP) is 8.23. The molecule has 5 aliphatic rings. The van der Waals surface area contributed by atoms with Gasteiger partial charge in [-0.3, -0.25) is 4.79 Å². The lowest BCUT2D eigenvalue weighted by molar-refractivity contribution is -0.260. The molecule has 0 amide bonds. The fourth-order valence-electron chi connectivity index (χ4n) is 11.3. The highest BCUT2D eigenvalue weighted by molar-refractivity contribution is 5.76. The van der Waals surface area contributed by atoms with Crippen LogP contribution in [0.15, 0.2) is 11.6 Å². The largest absolute Gasteiger partial charge is 0.298 e. The second-order valence-corrected chi connectivity index (χ2v) is 14.1. The van der Waals surface area contributed by atoms with Crippen LogP contribution >= 0.6 is 0 Å². The van der Waals surface area contributed by atoms with E-state index in [1.54, 1.807) is 0 Å². The Morgan fingerprint density at radius 1 is 0.774 bits per heavy atom. The van der Waals surface area contributed by atoms with Gasteiger partial charge in [0, 0.05) is 0 Å². The topological polar surface area (TPSA) is 17.1 Å². The van der Waals surface area contributed by atoms with Gasteiger partial charge < -0.3 is 0 Å². The van der Waals surface area contributed by atoms with E-state index in [0.29, 0.717) is 27.6 Å². The van der Waals surface area contributed by atoms with Gasteiger partial charge in [0.1, 0.15) is 6.29 Å². The fraction of sp³-hybridized carbons (Fsp3) is 0.900. The van der Waals surface area contributed by atoms with E-state index in [4.69, 9.17) is 0 Å². The van der Waals surface area contributed by atoms with Crippen LogP contribution in [0.4, 0.5) is 0 Å². The lowest BCUT2D eigenvalue weighted by Gasteiger charge is -2.75. The molecule has 0 heterocycles. The third-order valence-corrected chi connectivity index (χ3v) is 13.8. The first kappa shape index (κ1) is 22.2. The average Bonchev–Trinajstić information content (AvgIpc) is 3.08. The van der Waals surface area contributed by atoms with Crippen LogP contribution in [0.2, 0.25) is 0 Å². The van der Waals surface area contributed by atoms with E-state index in [1.165, 1.54) is 64.1 Å². The summed E-state index contributed by atoms with van der Waals surface area (Å²) in [7, 11) is 0. The third kappa shape index (κ3) is 2.43. The highest BCUT2D eigenvalue weighted by atomic mass is 16.1. The van der Waals surface area contributed by atoms with Crippen LogP contribution in [-0.2, 0) is 4.79 Å². The summed E-state index contributed by atoms with van der Waals surface area (Å²) in [6.45, 7) is 18.3. The van der Waals surface area contributed by atoms with E-state index in [1.807, 2.05) is 0 Å². The number of hydrogen-bond donors (Lipinski definition) is 0. The van der Waals surface area contributed by atoms with E-state index >= 15 is 0 Å². The van der Waals surface area contributed by atoms with Gasteiger partial charge in [-0.05, 0) is 126 Å². The number of aldehydes is 1. The van der Waals surface area contributed by atoms with Crippen LogP contribution in [-0.4, -0.2) is 6.29 Å². The van der Waals surface area contributed by atoms with Crippen LogP contribution < -0.4 is 0 Å². The van der Waals surface area contributed by atoms with E-state index < -0.39 is 0 Å². The summed E-state index contributed by atoms with van der Waals surface area (Å²) in [6, 6.07) is 0. The second-order valence-electron chi connectivity index (χ2n) is 14.1. The molecule has 4 fully saturated rings. The van der Waals surface area contributed by atoms with Gasteiger partial charge in [0.25, 0.3) is 0 Å². The molecule has 0 unspecified atom stereocenters. The van der Waals surface area contributed by atoms with Crippen molar-refractivity contribution in [3.8, 4) is 0 Å². The fourth-order valence-corrected chi connectivity index (χ4v) is 11.3. The minimum atomic E-state index is 0.130. The van der Waals surface area contributed by atoms with Gasteiger partial charge in [-0.25, -0.2) is 0 Å². The summed E-state index contributed by atoms with van der Waals surface area (Å²) in [5.74, 6) is 4.19. The number of carbonyl (C=O) groups excluding carboxylic acids is 1. The second kappa shape index (κ2) is 6.73. The van der Waals surface area contributed by atoms with Gasteiger partial charge in [-0.1, -0.05) is 54.5 Å². The molecule has 31 heavy (non-hydrogen) atoms. The number of fused-ring (bicyclic) bond motifs is 7. The quantitative estimate of drug-likeness (QED) is 0.408. The normalized spacial score (nSPS) is 56.2. The summed E-state index contributed by atoms with van der Waals surface area (Å²) in [6.07, 6.45) is 17.0. The van der Waals surface area contributed by atoms with E-state index in [0.717, 1.165) is 35.7 Å². The molecule has 0 aromatic rings. The van der Waals surface area contributed by atoms with Gasteiger partial charge in [0.2, 0.25) is 0 Å². The molecule has 0 N–H and O–H groups in total.